The van der Waals surface area contributed by atoms with Gasteiger partial charge in [-0.1, -0.05) is 49.7 Å². The molecule has 0 aliphatic carbocycles. The lowest BCUT2D eigenvalue weighted by molar-refractivity contribution is 0.0707. The second-order valence-corrected chi connectivity index (χ2v) is 12.6. The molecule has 0 bridgehead atoms. The first-order valence-electron chi connectivity index (χ1n) is 14.7. The van der Waals surface area contributed by atoms with E-state index in [1.54, 1.807) is 46.3 Å². The largest absolute Gasteiger partial charge is 0.492 e. The highest BCUT2D eigenvalue weighted by molar-refractivity contribution is 7.13. The van der Waals surface area contributed by atoms with Crippen LogP contribution >= 0.6 is 22.9 Å². The van der Waals surface area contributed by atoms with Crippen molar-refractivity contribution in [2.75, 3.05) is 26.2 Å². The van der Waals surface area contributed by atoms with Crippen LogP contribution in [-0.2, 0) is 6.42 Å². The molecule has 2 aromatic carbocycles. The van der Waals surface area contributed by atoms with Crippen molar-refractivity contribution in [3.8, 4) is 33.3 Å². The van der Waals surface area contributed by atoms with E-state index < -0.39 is 6.43 Å². The summed E-state index contributed by atoms with van der Waals surface area (Å²) >= 11 is 7.72. The maximum Gasteiger partial charge on any atom is 0.265 e. The third-order valence-corrected chi connectivity index (χ3v) is 8.56. The lowest BCUT2D eigenvalue weighted by atomic mass is 9.99. The predicted molar refractivity (Wildman–Crippen MR) is 172 cm³/mol. The zero-order valence-corrected chi connectivity index (χ0v) is 26.6. The van der Waals surface area contributed by atoms with Crippen LogP contribution in [0.4, 0.5) is 8.78 Å². The van der Waals surface area contributed by atoms with Crippen molar-refractivity contribution in [1.29, 1.82) is 0 Å². The number of carbonyl (C=O) groups is 1. The fourth-order valence-electron chi connectivity index (χ4n) is 5.39. The van der Waals surface area contributed by atoms with E-state index in [2.05, 4.69) is 5.32 Å². The molecule has 1 fully saturated rings. The van der Waals surface area contributed by atoms with E-state index in [4.69, 9.17) is 21.3 Å². The smallest absolute Gasteiger partial charge is 0.265 e. The number of thiazole rings is 1. The SMILES string of the molecule is CCOc1ccc(Cl)cc1-n1c(CC(C)C)c(C(=O)N2CCN[C@@H](C)C2)cc(-c2nc(-c3ccc(C(F)F)cc3)cs2)c1=O. The summed E-state index contributed by atoms with van der Waals surface area (Å²) < 4.78 is 33.7. The van der Waals surface area contributed by atoms with Crippen molar-refractivity contribution in [3.05, 3.63) is 86.1 Å². The maximum absolute atomic E-state index is 14.5. The summed E-state index contributed by atoms with van der Waals surface area (Å²) in [6, 6.07) is 12.8. The zero-order chi connectivity index (χ0) is 31.5. The molecule has 1 aliphatic rings. The Hall–Kier alpha value is -3.60. The van der Waals surface area contributed by atoms with Gasteiger partial charge < -0.3 is 15.0 Å². The molecular formula is C33H35ClF2N4O3S. The quantitative estimate of drug-likeness (QED) is 0.209. The minimum atomic E-state index is -2.57. The number of ether oxygens (including phenoxy) is 1. The first-order chi connectivity index (χ1) is 21.1. The molecule has 7 nitrogen and oxygen atoms in total. The monoisotopic (exact) mass is 640 g/mol. The third kappa shape index (κ3) is 6.72. The van der Waals surface area contributed by atoms with E-state index in [0.717, 1.165) is 0 Å². The van der Waals surface area contributed by atoms with Crippen molar-refractivity contribution in [1.82, 2.24) is 19.8 Å². The fraction of sp³-hybridized carbons (Fsp3) is 0.364. The van der Waals surface area contributed by atoms with E-state index in [-0.39, 0.29) is 34.6 Å². The Labute approximate surface area is 264 Å². The van der Waals surface area contributed by atoms with Crippen LogP contribution in [0, 0.1) is 5.92 Å². The highest BCUT2D eigenvalue weighted by atomic mass is 35.5. The number of hydrogen-bond donors (Lipinski definition) is 1. The summed E-state index contributed by atoms with van der Waals surface area (Å²) in [6.45, 7) is 10.1. The average molecular weight is 641 g/mol. The Morgan fingerprint density at radius 1 is 1.18 bits per heavy atom. The predicted octanol–water partition coefficient (Wildman–Crippen LogP) is 7.25. The minimum Gasteiger partial charge on any atom is -0.492 e. The normalized spacial score (nSPS) is 15.3. The van der Waals surface area contributed by atoms with Crippen LogP contribution in [0.1, 0.15) is 55.7 Å². The number of hydrogen-bond acceptors (Lipinski definition) is 6. The number of nitrogens with one attached hydrogen (secondary N) is 1. The van der Waals surface area contributed by atoms with Gasteiger partial charge in [-0.15, -0.1) is 11.3 Å². The number of rotatable bonds is 9. The van der Waals surface area contributed by atoms with Gasteiger partial charge in [-0.25, -0.2) is 13.8 Å². The highest BCUT2D eigenvalue weighted by Crippen LogP contribution is 2.33. The van der Waals surface area contributed by atoms with Crippen molar-refractivity contribution in [2.24, 2.45) is 5.92 Å². The highest BCUT2D eigenvalue weighted by Gasteiger charge is 2.29. The molecule has 2 aromatic heterocycles. The first-order valence-corrected chi connectivity index (χ1v) is 15.9. The van der Waals surface area contributed by atoms with Gasteiger partial charge in [0, 0.05) is 52.9 Å². The number of nitrogens with zero attached hydrogens (tertiary/aromatic N) is 3. The molecule has 1 atom stereocenters. The van der Waals surface area contributed by atoms with Crippen molar-refractivity contribution >= 4 is 28.8 Å². The molecule has 0 spiro atoms. The molecule has 0 saturated carbocycles. The average Bonchev–Trinajstić information content (AvgIpc) is 3.48. The molecule has 4 aromatic rings. The molecule has 3 heterocycles. The summed E-state index contributed by atoms with van der Waals surface area (Å²) in [5.41, 5.74) is 2.46. The molecule has 232 valence electrons. The lowest BCUT2D eigenvalue weighted by Gasteiger charge is -2.33. The number of carbonyl (C=O) groups excluding carboxylic acids is 1. The van der Waals surface area contributed by atoms with Crippen molar-refractivity contribution in [3.63, 3.8) is 0 Å². The molecule has 1 amide bonds. The number of halogens is 3. The molecule has 1 N–H and O–H groups in total. The van der Waals surface area contributed by atoms with Gasteiger partial charge in [0.15, 0.2) is 0 Å². The van der Waals surface area contributed by atoms with Crippen LogP contribution in [0.15, 0.2) is 58.7 Å². The number of amides is 1. The number of piperazine rings is 1. The second-order valence-electron chi connectivity index (χ2n) is 11.3. The Morgan fingerprint density at radius 2 is 1.93 bits per heavy atom. The molecule has 0 radical (unpaired) electrons. The zero-order valence-electron chi connectivity index (χ0n) is 25.1. The third-order valence-electron chi connectivity index (χ3n) is 7.45. The van der Waals surface area contributed by atoms with Crippen LogP contribution in [0.5, 0.6) is 5.75 Å². The van der Waals surface area contributed by atoms with Crippen LogP contribution in [0.2, 0.25) is 5.02 Å². The Morgan fingerprint density at radius 3 is 2.59 bits per heavy atom. The molecule has 1 aliphatic heterocycles. The first kappa shape index (κ1) is 31.8. The lowest BCUT2D eigenvalue weighted by Crippen LogP contribution is -2.51. The van der Waals surface area contributed by atoms with E-state index in [0.29, 0.717) is 76.6 Å². The summed E-state index contributed by atoms with van der Waals surface area (Å²) in [6.07, 6.45) is -2.11. The van der Waals surface area contributed by atoms with Crippen LogP contribution in [0.25, 0.3) is 27.5 Å². The van der Waals surface area contributed by atoms with Gasteiger partial charge in [-0.2, -0.15) is 0 Å². The number of benzene rings is 2. The van der Waals surface area contributed by atoms with Gasteiger partial charge in [0.1, 0.15) is 10.8 Å². The van der Waals surface area contributed by atoms with Gasteiger partial charge in [0.25, 0.3) is 17.9 Å². The summed E-state index contributed by atoms with van der Waals surface area (Å²) in [7, 11) is 0. The van der Waals surface area contributed by atoms with Gasteiger partial charge in [0.2, 0.25) is 0 Å². The maximum atomic E-state index is 14.5. The summed E-state index contributed by atoms with van der Waals surface area (Å²) in [4.78, 5) is 35.3. The van der Waals surface area contributed by atoms with E-state index in [1.807, 2.05) is 32.6 Å². The molecule has 1 saturated heterocycles. The summed E-state index contributed by atoms with van der Waals surface area (Å²) in [5.74, 6) is 0.426. The van der Waals surface area contributed by atoms with Crippen LogP contribution < -0.4 is 15.6 Å². The fourth-order valence-corrected chi connectivity index (χ4v) is 6.40. The minimum absolute atomic E-state index is 0.0789. The van der Waals surface area contributed by atoms with Crippen LogP contribution in [0.3, 0.4) is 0 Å². The molecular weight excluding hydrogens is 606 g/mol. The van der Waals surface area contributed by atoms with E-state index in [1.165, 1.54) is 23.5 Å². The Kier molecular flexibility index (Phi) is 9.82. The number of aromatic nitrogens is 2. The number of pyridine rings is 1. The Bertz CT molecular complexity index is 1700. The van der Waals surface area contributed by atoms with E-state index in [9.17, 15) is 18.4 Å². The topological polar surface area (TPSA) is 76.5 Å². The number of alkyl halides is 2. The molecule has 44 heavy (non-hydrogen) atoms. The van der Waals surface area contributed by atoms with Crippen molar-refractivity contribution < 1.29 is 18.3 Å². The van der Waals surface area contributed by atoms with Gasteiger partial charge in [-0.05, 0) is 50.5 Å². The molecule has 11 heteroatoms. The van der Waals surface area contributed by atoms with E-state index >= 15 is 0 Å². The molecule has 5 rings (SSSR count). The molecule has 0 unspecified atom stereocenters. The second kappa shape index (κ2) is 13.6. The summed E-state index contributed by atoms with van der Waals surface area (Å²) in [5, 5.41) is 5.99. The Balaban J connectivity index is 1.74. The van der Waals surface area contributed by atoms with Crippen LogP contribution in [-0.4, -0.2) is 52.6 Å². The van der Waals surface area contributed by atoms with Crippen molar-refractivity contribution in [2.45, 2.75) is 46.6 Å². The van der Waals surface area contributed by atoms with Gasteiger partial charge in [-0.3, -0.25) is 14.2 Å². The standard InChI is InChI=1S/C33H35ClF2N4O3S/c1-5-43-29-11-10-23(34)15-28(29)40-27(14-19(2)3)24(32(41)39-13-12-37-20(4)17-39)16-25(33(40)42)31-38-26(18-44-31)21-6-8-22(9-7-21)30(35)36/h6-11,15-16,18-20,30,37H,5,12-14,17H2,1-4H3/t20-/m0/s1. The van der Waals surface area contributed by atoms with Gasteiger partial charge >= 0.3 is 0 Å². The van der Waals surface area contributed by atoms with Gasteiger partial charge in [0.05, 0.1) is 29.1 Å².